The van der Waals surface area contributed by atoms with Gasteiger partial charge in [-0.05, 0) is 25.6 Å². The molecule has 3 nitrogen and oxygen atoms in total. The summed E-state index contributed by atoms with van der Waals surface area (Å²) in [6.45, 7) is 4.54. The molecule has 0 aromatic carbocycles. The second-order valence-corrected chi connectivity index (χ2v) is 3.06. The van der Waals surface area contributed by atoms with Crippen LogP contribution in [0.1, 0.15) is 13.3 Å². The van der Waals surface area contributed by atoms with Gasteiger partial charge in [-0.15, -0.1) is 0 Å². The standard InChI is InChI=1S/C7H14N2OS/c1-2-9(7(8)11)6-3-4-10-5-6/h6H,2-5H2,1H3,(H2,8,11). The largest absolute Gasteiger partial charge is 0.379 e. The van der Waals surface area contributed by atoms with E-state index in [0.29, 0.717) is 11.2 Å². The predicted octanol–water partition coefficient (Wildman–Crippen LogP) is 0.341. The van der Waals surface area contributed by atoms with E-state index in [1.807, 2.05) is 4.90 Å². The lowest BCUT2D eigenvalue weighted by molar-refractivity contribution is 0.175. The molecule has 0 spiro atoms. The minimum atomic E-state index is 0.414. The van der Waals surface area contributed by atoms with Gasteiger partial charge in [0.25, 0.3) is 0 Å². The van der Waals surface area contributed by atoms with Gasteiger partial charge in [0.05, 0.1) is 12.6 Å². The van der Waals surface area contributed by atoms with E-state index < -0.39 is 0 Å². The summed E-state index contributed by atoms with van der Waals surface area (Å²) in [5, 5.41) is 0.489. The number of rotatable bonds is 2. The summed E-state index contributed by atoms with van der Waals surface area (Å²) in [4.78, 5) is 2.02. The third-order valence-corrected chi connectivity index (χ3v) is 2.20. The molecule has 0 saturated carbocycles. The maximum absolute atomic E-state index is 5.53. The van der Waals surface area contributed by atoms with E-state index in [0.717, 1.165) is 26.2 Å². The van der Waals surface area contributed by atoms with Crippen molar-refractivity contribution in [1.82, 2.24) is 4.90 Å². The Morgan fingerprint density at radius 2 is 2.55 bits per heavy atom. The molecule has 1 aliphatic rings. The van der Waals surface area contributed by atoms with Crippen molar-refractivity contribution in [3.05, 3.63) is 0 Å². The number of nitrogens with zero attached hydrogens (tertiary/aromatic N) is 1. The Bertz CT molecular complexity index is 145. The smallest absolute Gasteiger partial charge is 0.166 e. The minimum absolute atomic E-state index is 0.414. The summed E-state index contributed by atoms with van der Waals surface area (Å²) >= 11 is 4.90. The van der Waals surface area contributed by atoms with Crippen molar-refractivity contribution in [2.45, 2.75) is 19.4 Å². The second kappa shape index (κ2) is 3.88. The van der Waals surface area contributed by atoms with E-state index in [2.05, 4.69) is 6.92 Å². The van der Waals surface area contributed by atoms with E-state index in [9.17, 15) is 0 Å². The van der Waals surface area contributed by atoms with Gasteiger partial charge >= 0.3 is 0 Å². The third kappa shape index (κ3) is 2.04. The molecular weight excluding hydrogens is 160 g/mol. The number of thiocarbonyl (C=S) groups is 1. The molecule has 0 aromatic rings. The Labute approximate surface area is 72.5 Å². The van der Waals surface area contributed by atoms with Gasteiger partial charge in [0.2, 0.25) is 0 Å². The molecule has 11 heavy (non-hydrogen) atoms. The zero-order valence-electron chi connectivity index (χ0n) is 6.75. The Balaban J connectivity index is 2.46. The molecule has 2 N–H and O–H groups in total. The molecule has 1 heterocycles. The summed E-state index contributed by atoms with van der Waals surface area (Å²) in [5.41, 5.74) is 5.53. The highest BCUT2D eigenvalue weighted by Gasteiger charge is 2.22. The first-order valence-corrected chi connectivity index (χ1v) is 4.30. The summed E-state index contributed by atoms with van der Waals surface area (Å²) < 4.78 is 5.23. The lowest BCUT2D eigenvalue weighted by atomic mass is 10.2. The molecule has 64 valence electrons. The SMILES string of the molecule is CCN(C(N)=S)C1CCOC1. The zero-order chi connectivity index (χ0) is 8.27. The fourth-order valence-electron chi connectivity index (χ4n) is 1.36. The van der Waals surface area contributed by atoms with Crippen molar-refractivity contribution in [3.8, 4) is 0 Å². The topological polar surface area (TPSA) is 38.5 Å². The molecule has 1 atom stereocenters. The number of ether oxygens (including phenoxy) is 1. The van der Waals surface area contributed by atoms with Gasteiger partial charge in [0.1, 0.15) is 0 Å². The van der Waals surface area contributed by atoms with Crippen molar-refractivity contribution in [3.63, 3.8) is 0 Å². The first-order chi connectivity index (χ1) is 5.25. The van der Waals surface area contributed by atoms with E-state index in [1.54, 1.807) is 0 Å². The van der Waals surface area contributed by atoms with Crippen molar-refractivity contribution in [2.24, 2.45) is 5.73 Å². The van der Waals surface area contributed by atoms with Crippen LogP contribution in [0.2, 0.25) is 0 Å². The van der Waals surface area contributed by atoms with Crippen molar-refractivity contribution < 1.29 is 4.74 Å². The van der Waals surface area contributed by atoms with E-state index in [-0.39, 0.29) is 0 Å². The molecule has 1 unspecified atom stereocenters. The third-order valence-electron chi connectivity index (χ3n) is 1.97. The van der Waals surface area contributed by atoms with E-state index in [1.165, 1.54) is 0 Å². The van der Waals surface area contributed by atoms with Crippen LogP contribution in [0.15, 0.2) is 0 Å². The van der Waals surface area contributed by atoms with Crippen LogP contribution in [0.25, 0.3) is 0 Å². The lowest BCUT2D eigenvalue weighted by Gasteiger charge is -2.26. The van der Waals surface area contributed by atoms with Crippen molar-refractivity contribution in [1.29, 1.82) is 0 Å². The van der Waals surface area contributed by atoms with Gasteiger partial charge in [0, 0.05) is 13.2 Å². The normalized spacial score (nSPS) is 23.5. The number of likely N-dealkylation sites (N-methyl/N-ethyl adjacent to an activating group) is 1. The molecular formula is C7H14N2OS. The Hall–Kier alpha value is -0.350. The molecule has 0 aliphatic carbocycles. The fourth-order valence-corrected chi connectivity index (χ4v) is 1.64. The summed E-state index contributed by atoms with van der Waals surface area (Å²) in [6.07, 6.45) is 1.05. The highest BCUT2D eigenvalue weighted by atomic mass is 32.1. The van der Waals surface area contributed by atoms with Crippen LogP contribution in [-0.2, 0) is 4.74 Å². The summed E-state index contributed by atoms with van der Waals surface area (Å²) in [5.74, 6) is 0. The molecule has 0 radical (unpaired) electrons. The monoisotopic (exact) mass is 174 g/mol. The predicted molar refractivity (Wildman–Crippen MR) is 48.4 cm³/mol. The molecule has 1 fully saturated rings. The average molecular weight is 174 g/mol. The average Bonchev–Trinajstić information content (AvgIpc) is 2.40. The number of hydrogen-bond acceptors (Lipinski definition) is 2. The van der Waals surface area contributed by atoms with Crippen LogP contribution in [-0.4, -0.2) is 35.8 Å². The first-order valence-electron chi connectivity index (χ1n) is 3.89. The van der Waals surface area contributed by atoms with Crippen LogP contribution in [0.5, 0.6) is 0 Å². The van der Waals surface area contributed by atoms with Gasteiger partial charge in [0.15, 0.2) is 5.11 Å². The number of hydrogen-bond donors (Lipinski definition) is 1. The molecule has 1 saturated heterocycles. The molecule has 1 rings (SSSR count). The van der Waals surface area contributed by atoms with Crippen molar-refractivity contribution >= 4 is 17.3 Å². The van der Waals surface area contributed by atoms with E-state index >= 15 is 0 Å². The van der Waals surface area contributed by atoms with Gasteiger partial charge in [-0.1, -0.05) is 0 Å². The van der Waals surface area contributed by atoms with Crippen LogP contribution < -0.4 is 5.73 Å². The van der Waals surface area contributed by atoms with Gasteiger partial charge in [-0.25, -0.2) is 0 Å². The Morgan fingerprint density at radius 1 is 1.82 bits per heavy atom. The lowest BCUT2D eigenvalue weighted by Crippen LogP contribution is -2.43. The Morgan fingerprint density at radius 3 is 2.91 bits per heavy atom. The van der Waals surface area contributed by atoms with Gasteiger partial charge in [-0.3, -0.25) is 0 Å². The van der Waals surface area contributed by atoms with Crippen LogP contribution in [0.3, 0.4) is 0 Å². The molecule has 0 amide bonds. The maximum atomic E-state index is 5.53. The highest BCUT2D eigenvalue weighted by Crippen LogP contribution is 2.11. The Kier molecular flexibility index (Phi) is 3.08. The first kappa shape index (κ1) is 8.74. The van der Waals surface area contributed by atoms with Gasteiger partial charge < -0.3 is 15.4 Å². The summed E-state index contributed by atoms with van der Waals surface area (Å²) in [7, 11) is 0. The summed E-state index contributed by atoms with van der Waals surface area (Å²) in [6, 6.07) is 0.414. The second-order valence-electron chi connectivity index (χ2n) is 2.64. The van der Waals surface area contributed by atoms with E-state index in [4.69, 9.17) is 22.7 Å². The van der Waals surface area contributed by atoms with Crippen molar-refractivity contribution in [2.75, 3.05) is 19.8 Å². The van der Waals surface area contributed by atoms with Crippen LogP contribution in [0.4, 0.5) is 0 Å². The van der Waals surface area contributed by atoms with Gasteiger partial charge in [-0.2, -0.15) is 0 Å². The molecule has 0 bridgehead atoms. The van der Waals surface area contributed by atoms with Crippen LogP contribution >= 0.6 is 12.2 Å². The zero-order valence-corrected chi connectivity index (χ0v) is 7.56. The quantitative estimate of drug-likeness (QED) is 0.613. The fraction of sp³-hybridized carbons (Fsp3) is 0.857. The maximum Gasteiger partial charge on any atom is 0.166 e. The molecule has 4 heteroatoms. The van der Waals surface area contributed by atoms with Crippen LogP contribution in [0, 0.1) is 0 Å². The molecule has 1 aliphatic heterocycles. The highest BCUT2D eigenvalue weighted by molar-refractivity contribution is 7.80. The minimum Gasteiger partial charge on any atom is -0.379 e. The number of nitrogens with two attached hydrogens (primary N) is 1. The molecule has 0 aromatic heterocycles.